The van der Waals surface area contributed by atoms with Crippen molar-refractivity contribution in [3.63, 3.8) is 0 Å². The third-order valence-electron chi connectivity index (χ3n) is 3.96. The first kappa shape index (κ1) is 11.9. The highest BCUT2D eigenvalue weighted by Gasteiger charge is 2.38. The lowest BCUT2D eigenvalue weighted by atomic mass is 9.86. The first-order valence-electron chi connectivity index (χ1n) is 6.58. The standard InChI is InChI=1S/C13H22N2O/c1-2-12-9-13(10-14,7-8-16-12)15-11-5-3-4-6-11/h11-12,15H,2-9H2,1H3. The number of ether oxygens (including phenoxy) is 1. The molecule has 2 rings (SSSR count). The predicted octanol–water partition coefficient (Wildman–Crippen LogP) is 2.37. The molecule has 1 saturated heterocycles. The molecule has 3 heteroatoms. The Morgan fingerprint density at radius 1 is 1.44 bits per heavy atom. The van der Waals surface area contributed by atoms with Crippen LogP contribution in [0, 0.1) is 11.3 Å². The average Bonchev–Trinajstić information content (AvgIpc) is 2.82. The van der Waals surface area contributed by atoms with E-state index in [0.29, 0.717) is 6.04 Å². The predicted molar refractivity (Wildman–Crippen MR) is 63.0 cm³/mol. The van der Waals surface area contributed by atoms with Crippen LogP contribution in [0.15, 0.2) is 0 Å². The molecular formula is C13H22N2O. The van der Waals surface area contributed by atoms with Crippen molar-refractivity contribution in [3.8, 4) is 6.07 Å². The number of rotatable bonds is 3. The lowest BCUT2D eigenvalue weighted by Crippen LogP contribution is -2.53. The highest BCUT2D eigenvalue weighted by atomic mass is 16.5. The van der Waals surface area contributed by atoms with Crippen LogP contribution in [0.4, 0.5) is 0 Å². The molecule has 1 aliphatic carbocycles. The molecule has 0 bridgehead atoms. The first-order chi connectivity index (χ1) is 7.78. The fraction of sp³-hybridized carbons (Fsp3) is 0.923. The molecule has 2 atom stereocenters. The summed E-state index contributed by atoms with van der Waals surface area (Å²) in [6.45, 7) is 2.86. The van der Waals surface area contributed by atoms with Gasteiger partial charge in [0, 0.05) is 25.5 Å². The van der Waals surface area contributed by atoms with Crippen LogP contribution in [-0.2, 0) is 4.74 Å². The maximum atomic E-state index is 9.45. The number of nitrogens with zero attached hydrogens (tertiary/aromatic N) is 1. The van der Waals surface area contributed by atoms with Gasteiger partial charge in [-0.25, -0.2) is 0 Å². The van der Waals surface area contributed by atoms with E-state index >= 15 is 0 Å². The van der Waals surface area contributed by atoms with Crippen LogP contribution in [0.25, 0.3) is 0 Å². The van der Waals surface area contributed by atoms with Gasteiger partial charge < -0.3 is 4.74 Å². The smallest absolute Gasteiger partial charge is 0.111 e. The van der Waals surface area contributed by atoms with Crippen molar-refractivity contribution < 1.29 is 4.74 Å². The summed E-state index contributed by atoms with van der Waals surface area (Å²) >= 11 is 0. The molecule has 1 saturated carbocycles. The van der Waals surface area contributed by atoms with Gasteiger partial charge in [-0.3, -0.25) is 5.32 Å². The van der Waals surface area contributed by atoms with E-state index in [1.54, 1.807) is 0 Å². The zero-order chi connectivity index (χ0) is 11.4. The lowest BCUT2D eigenvalue weighted by molar-refractivity contribution is -0.0181. The minimum Gasteiger partial charge on any atom is -0.378 e. The van der Waals surface area contributed by atoms with Gasteiger partial charge in [-0.15, -0.1) is 0 Å². The van der Waals surface area contributed by atoms with Gasteiger partial charge >= 0.3 is 0 Å². The van der Waals surface area contributed by atoms with E-state index in [-0.39, 0.29) is 11.6 Å². The van der Waals surface area contributed by atoms with Crippen LogP contribution in [0.1, 0.15) is 51.9 Å². The molecular weight excluding hydrogens is 200 g/mol. The van der Waals surface area contributed by atoms with Crippen molar-refractivity contribution in [2.45, 2.75) is 69.6 Å². The molecule has 0 spiro atoms. The SMILES string of the molecule is CCC1CC(C#N)(NC2CCCC2)CCO1. The van der Waals surface area contributed by atoms with Crippen molar-refractivity contribution in [1.29, 1.82) is 5.26 Å². The van der Waals surface area contributed by atoms with Crippen molar-refractivity contribution in [3.05, 3.63) is 0 Å². The van der Waals surface area contributed by atoms with Crippen LogP contribution in [0.3, 0.4) is 0 Å². The van der Waals surface area contributed by atoms with Crippen molar-refractivity contribution in [2.75, 3.05) is 6.61 Å². The third kappa shape index (κ3) is 2.56. The number of nitriles is 1. The van der Waals surface area contributed by atoms with Crippen molar-refractivity contribution in [2.24, 2.45) is 0 Å². The molecule has 0 radical (unpaired) electrons. The summed E-state index contributed by atoms with van der Waals surface area (Å²) in [7, 11) is 0. The molecule has 2 aliphatic rings. The minimum atomic E-state index is -0.312. The summed E-state index contributed by atoms with van der Waals surface area (Å²) in [5, 5.41) is 13.1. The Kier molecular flexibility index (Phi) is 3.83. The average molecular weight is 222 g/mol. The molecule has 1 N–H and O–H groups in total. The highest BCUT2D eigenvalue weighted by Crippen LogP contribution is 2.29. The molecule has 0 aromatic heterocycles. The van der Waals surface area contributed by atoms with Crippen LogP contribution < -0.4 is 5.32 Å². The van der Waals surface area contributed by atoms with Crippen LogP contribution >= 0.6 is 0 Å². The molecule has 3 nitrogen and oxygen atoms in total. The Bertz CT molecular complexity index is 268. The molecule has 0 aromatic rings. The normalized spacial score (nSPS) is 36.1. The molecule has 1 heterocycles. The maximum absolute atomic E-state index is 9.45. The van der Waals surface area contributed by atoms with E-state index < -0.39 is 0 Å². The molecule has 90 valence electrons. The molecule has 0 aromatic carbocycles. The van der Waals surface area contributed by atoms with Gasteiger partial charge in [0.05, 0.1) is 12.2 Å². The zero-order valence-corrected chi connectivity index (χ0v) is 10.2. The Labute approximate surface area is 98.2 Å². The van der Waals surface area contributed by atoms with Crippen LogP contribution in [0.2, 0.25) is 0 Å². The second kappa shape index (κ2) is 5.16. The van der Waals surface area contributed by atoms with Crippen molar-refractivity contribution in [1.82, 2.24) is 5.32 Å². The summed E-state index contributed by atoms with van der Waals surface area (Å²) < 4.78 is 5.66. The molecule has 1 aliphatic heterocycles. The molecule has 0 amide bonds. The van der Waals surface area contributed by atoms with E-state index in [1.165, 1.54) is 25.7 Å². The van der Waals surface area contributed by atoms with Gasteiger partial charge in [-0.2, -0.15) is 5.26 Å². The van der Waals surface area contributed by atoms with Gasteiger partial charge in [0.1, 0.15) is 5.54 Å². The topological polar surface area (TPSA) is 45.0 Å². The van der Waals surface area contributed by atoms with E-state index in [9.17, 15) is 5.26 Å². The Hall–Kier alpha value is -0.590. The monoisotopic (exact) mass is 222 g/mol. The van der Waals surface area contributed by atoms with Crippen LogP contribution in [0.5, 0.6) is 0 Å². The van der Waals surface area contributed by atoms with Gasteiger partial charge in [0.2, 0.25) is 0 Å². The van der Waals surface area contributed by atoms with Gasteiger partial charge in [-0.05, 0) is 19.3 Å². The number of hydrogen-bond acceptors (Lipinski definition) is 3. The van der Waals surface area contributed by atoms with E-state index in [0.717, 1.165) is 25.9 Å². The van der Waals surface area contributed by atoms with Crippen molar-refractivity contribution >= 4 is 0 Å². The summed E-state index contributed by atoms with van der Waals surface area (Å²) in [4.78, 5) is 0. The second-order valence-electron chi connectivity index (χ2n) is 5.17. The quantitative estimate of drug-likeness (QED) is 0.797. The minimum absolute atomic E-state index is 0.266. The fourth-order valence-electron chi connectivity index (χ4n) is 2.94. The molecule has 2 unspecified atom stereocenters. The number of hydrogen-bond donors (Lipinski definition) is 1. The zero-order valence-electron chi connectivity index (χ0n) is 10.2. The maximum Gasteiger partial charge on any atom is 0.111 e. The van der Waals surface area contributed by atoms with Crippen LogP contribution in [-0.4, -0.2) is 24.3 Å². The Morgan fingerprint density at radius 3 is 2.81 bits per heavy atom. The Balaban J connectivity index is 1.97. The molecule has 2 fully saturated rings. The second-order valence-corrected chi connectivity index (χ2v) is 5.17. The highest BCUT2D eigenvalue weighted by molar-refractivity contribution is 5.11. The number of nitrogens with one attached hydrogen (secondary N) is 1. The van der Waals surface area contributed by atoms with E-state index in [4.69, 9.17) is 4.74 Å². The summed E-state index contributed by atoms with van der Waals surface area (Å²) in [6.07, 6.45) is 8.08. The van der Waals surface area contributed by atoms with E-state index in [2.05, 4.69) is 18.3 Å². The lowest BCUT2D eigenvalue weighted by Gasteiger charge is -2.38. The first-order valence-corrected chi connectivity index (χ1v) is 6.58. The largest absolute Gasteiger partial charge is 0.378 e. The fourth-order valence-corrected chi connectivity index (χ4v) is 2.94. The summed E-state index contributed by atoms with van der Waals surface area (Å²) in [5.41, 5.74) is -0.312. The third-order valence-corrected chi connectivity index (χ3v) is 3.96. The summed E-state index contributed by atoms with van der Waals surface area (Å²) in [5.74, 6) is 0. The summed E-state index contributed by atoms with van der Waals surface area (Å²) in [6, 6.07) is 3.08. The molecule has 16 heavy (non-hydrogen) atoms. The Morgan fingerprint density at radius 2 is 2.19 bits per heavy atom. The van der Waals surface area contributed by atoms with Gasteiger partial charge in [0.15, 0.2) is 0 Å². The van der Waals surface area contributed by atoms with Gasteiger partial charge in [0.25, 0.3) is 0 Å². The van der Waals surface area contributed by atoms with E-state index in [1.807, 2.05) is 0 Å². The van der Waals surface area contributed by atoms with Gasteiger partial charge in [-0.1, -0.05) is 19.8 Å².